The van der Waals surface area contributed by atoms with Crippen LogP contribution < -0.4 is 9.47 Å². The largest absolute Gasteiger partial charge is 0.491 e. The highest BCUT2D eigenvalue weighted by Crippen LogP contribution is 2.33. The number of ether oxygens (including phenoxy) is 5. The van der Waals surface area contributed by atoms with Crippen molar-refractivity contribution >= 4 is 11.9 Å². The molecule has 0 amide bonds. The molecule has 0 N–H and O–H groups in total. The van der Waals surface area contributed by atoms with E-state index in [4.69, 9.17) is 23.7 Å². The van der Waals surface area contributed by atoms with Gasteiger partial charge in [0.05, 0.1) is 37.9 Å². The molecule has 4 rings (SSSR count). The van der Waals surface area contributed by atoms with Crippen molar-refractivity contribution in [2.24, 2.45) is 5.92 Å². The fraction of sp³-hybridized carbons (Fsp3) is 0.444. The highest BCUT2D eigenvalue weighted by atomic mass is 16.6. The number of rotatable bonds is 16. The van der Waals surface area contributed by atoms with E-state index in [-0.39, 0.29) is 18.5 Å². The molecule has 3 aromatic carbocycles. The Labute approximate surface area is 255 Å². The summed E-state index contributed by atoms with van der Waals surface area (Å²) in [5, 5.41) is 0. The highest BCUT2D eigenvalue weighted by molar-refractivity contribution is 5.91. The zero-order chi connectivity index (χ0) is 30.3. The van der Waals surface area contributed by atoms with Gasteiger partial charge in [0.25, 0.3) is 0 Å². The quantitative estimate of drug-likeness (QED) is 0.0967. The normalized spacial score (nSPS) is 14.2. The Kier molecular flexibility index (Phi) is 13.1. The van der Waals surface area contributed by atoms with Crippen molar-refractivity contribution in [3.05, 3.63) is 83.9 Å². The highest BCUT2D eigenvalue weighted by Gasteiger charge is 2.15. The number of hydrogen-bond acceptors (Lipinski definition) is 7. The molecule has 1 atom stereocenters. The molecule has 1 saturated carbocycles. The van der Waals surface area contributed by atoms with Crippen LogP contribution in [-0.4, -0.2) is 51.6 Å². The maximum absolute atomic E-state index is 12.7. The van der Waals surface area contributed by atoms with Crippen molar-refractivity contribution in [2.75, 3.05) is 39.6 Å². The molecule has 43 heavy (non-hydrogen) atoms. The molecule has 0 radical (unpaired) electrons. The van der Waals surface area contributed by atoms with Gasteiger partial charge in [-0.3, -0.25) is 4.79 Å². The predicted molar refractivity (Wildman–Crippen MR) is 167 cm³/mol. The van der Waals surface area contributed by atoms with Gasteiger partial charge in [0.1, 0.15) is 24.7 Å². The summed E-state index contributed by atoms with van der Waals surface area (Å²) in [4.78, 5) is 24.2. The van der Waals surface area contributed by atoms with Crippen LogP contribution in [0.2, 0.25) is 0 Å². The van der Waals surface area contributed by atoms with Gasteiger partial charge in [0.15, 0.2) is 0 Å². The minimum absolute atomic E-state index is 0.0868. The zero-order valence-electron chi connectivity index (χ0n) is 25.4. The fourth-order valence-electron chi connectivity index (χ4n) is 5.00. The van der Waals surface area contributed by atoms with Crippen LogP contribution in [0.5, 0.6) is 11.5 Å². The Balaban J connectivity index is 1.11. The summed E-state index contributed by atoms with van der Waals surface area (Å²) in [7, 11) is 0. The molecule has 230 valence electrons. The van der Waals surface area contributed by atoms with E-state index < -0.39 is 5.97 Å². The molecule has 0 spiro atoms. The van der Waals surface area contributed by atoms with Gasteiger partial charge in [-0.25, -0.2) is 4.79 Å². The van der Waals surface area contributed by atoms with Gasteiger partial charge in [0, 0.05) is 0 Å². The Morgan fingerprint density at radius 2 is 1.26 bits per heavy atom. The Hall–Kier alpha value is -3.68. The molecule has 0 aromatic heterocycles. The molecule has 1 unspecified atom stereocenters. The van der Waals surface area contributed by atoms with Crippen LogP contribution in [0.4, 0.5) is 0 Å². The van der Waals surface area contributed by atoms with E-state index in [0.29, 0.717) is 56.0 Å². The van der Waals surface area contributed by atoms with E-state index >= 15 is 0 Å². The van der Waals surface area contributed by atoms with Crippen LogP contribution in [0.25, 0.3) is 11.1 Å². The third-order valence-corrected chi connectivity index (χ3v) is 7.83. The summed E-state index contributed by atoms with van der Waals surface area (Å²) >= 11 is 0. The van der Waals surface area contributed by atoms with Gasteiger partial charge >= 0.3 is 11.9 Å². The first-order chi connectivity index (χ1) is 21.0. The van der Waals surface area contributed by atoms with E-state index in [1.807, 2.05) is 38.1 Å². The van der Waals surface area contributed by atoms with E-state index in [1.54, 1.807) is 24.3 Å². The molecule has 3 aromatic rings. The monoisotopic (exact) mass is 588 g/mol. The van der Waals surface area contributed by atoms with Crippen LogP contribution in [0.15, 0.2) is 72.8 Å². The summed E-state index contributed by atoms with van der Waals surface area (Å²) < 4.78 is 27.3. The molecular formula is C36H44O7. The zero-order valence-corrected chi connectivity index (χ0v) is 25.4. The van der Waals surface area contributed by atoms with Crippen LogP contribution in [0.3, 0.4) is 0 Å². The predicted octanol–water partition coefficient (Wildman–Crippen LogP) is 7.62. The van der Waals surface area contributed by atoms with E-state index in [9.17, 15) is 9.59 Å². The second-order valence-corrected chi connectivity index (χ2v) is 10.9. The standard InChI is InChI=1S/C36H44O7/c1-3-27(2)35(37)42-26-24-40-22-21-39-23-25-41-33-17-15-32(16-18-33)36(38)43-34-19-13-31(14-20-34)30-11-9-29(10-12-30)28-7-5-4-6-8-28/h9-20,27-28H,3-8,21-26H2,1-2H3. The number of benzene rings is 3. The lowest BCUT2D eigenvalue weighted by Crippen LogP contribution is -2.18. The molecule has 7 nitrogen and oxygen atoms in total. The lowest BCUT2D eigenvalue weighted by molar-refractivity contribution is -0.149. The first-order valence-corrected chi connectivity index (χ1v) is 15.5. The Bertz CT molecular complexity index is 1250. The molecular weight excluding hydrogens is 544 g/mol. The first-order valence-electron chi connectivity index (χ1n) is 15.5. The second-order valence-electron chi connectivity index (χ2n) is 10.9. The number of hydrogen-bond donors (Lipinski definition) is 0. The van der Waals surface area contributed by atoms with Gasteiger partial charge in [0.2, 0.25) is 0 Å². The maximum atomic E-state index is 12.7. The van der Waals surface area contributed by atoms with E-state index in [0.717, 1.165) is 17.5 Å². The third kappa shape index (κ3) is 10.5. The fourth-order valence-corrected chi connectivity index (χ4v) is 5.00. The van der Waals surface area contributed by atoms with Crippen LogP contribution in [-0.2, 0) is 19.0 Å². The van der Waals surface area contributed by atoms with Gasteiger partial charge < -0.3 is 23.7 Å². The van der Waals surface area contributed by atoms with Crippen LogP contribution in [0.1, 0.15) is 74.2 Å². The van der Waals surface area contributed by atoms with Crippen molar-refractivity contribution in [3.63, 3.8) is 0 Å². The van der Waals surface area contributed by atoms with Gasteiger partial charge in [-0.1, -0.05) is 69.5 Å². The minimum Gasteiger partial charge on any atom is -0.491 e. The number of carbonyl (C=O) groups excluding carboxylic acids is 2. The Morgan fingerprint density at radius 3 is 1.88 bits per heavy atom. The van der Waals surface area contributed by atoms with Crippen molar-refractivity contribution in [2.45, 2.75) is 58.3 Å². The third-order valence-electron chi connectivity index (χ3n) is 7.83. The molecule has 7 heteroatoms. The van der Waals surface area contributed by atoms with E-state index in [1.165, 1.54) is 37.7 Å². The van der Waals surface area contributed by atoms with Crippen molar-refractivity contribution < 1.29 is 33.3 Å². The Morgan fingerprint density at radius 1 is 0.698 bits per heavy atom. The summed E-state index contributed by atoms with van der Waals surface area (Å²) in [5.74, 6) is 1.13. The van der Waals surface area contributed by atoms with Gasteiger partial charge in [-0.05, 0) is 78.3 Å². The maximum Gasteiger partial charge on any atom is 0.343 e. The molecule has 0 aliphatic heterocycles. The van der Waals surface area contributed by atoms with Gasteiger partial charge in [-0.2, -0.15) is 0 Å². The molecule has 0 bridgehead atoms. The SMILES string of the molecule is CCC(C)C(=O)OCCOCCOCCOc1ccc(C(=O)Oc2ccc(-c3ccc(C4CCCCC4)cc3)cc2)cc1. The summed E-state index contributed by atoms with van der Waals surface area (Å²) in [6.07, 6.45) is 7.38. The topological polar surface area (TPSA) is 80.3 Å². The lowest BCUT2D eigenvalue weighted by Gasteiger charge is -2.22. The molecule has 1 aliphatic rings. The summed E-state index contributed by atoms with van der Waals surface area (Å²) in [6, 6.07) is 23.3. The molecule has 1 fully saturated rings. The van der Waals surface area contributed by atoms with Crippen molar-refractivity contribution in [1.29, 1.82) is 0 Å². The number of carbonyl (C=O) groups is 2. The second kappa shape index (κ2) is 17.4. The average molecular weight is 589 g/mol. The molecule has 0 heterocycles. The summed E-state index contributed by atoms with van der Waals surface area (Å²) in [6.45, 7) is 5.98. The average Bonchev–Trinajstić information content (AvgIpc) is 3.06. The number of esters is 2. The van der Waals surface area contributed by atoms with Crippen molar-refractivity contribution in [1.82, 2.24) is 0 Å². The summed E-state index contributed by atoms with van der Waals surface area (Å²) in [5.41, 5.74) is 4.13. The smallest absolute Gasteiger partial charge is 0.343 e. The van der Waals surface area contributed by atoms with Crippen LogP contribution >= 0.6 is 0 Å². The van der Waals surface area contributed by atoms with Gasteiger partial charge in [-0.15, -0.1) is 0 Å². The first kappa shape index (κ1) is 32.2. The molecule has 1 aliphatic carbocycles. The van der Waals surface area contributed by atoms with Crippen LogP contribution in [0, 0.1) is 5.92 Å². The lowest BCUT2D eigenvalue weighted by atomic mass is 9.84. The van der Waals surface area contributed by atoms with E-state index in [2.05, 4.69) is 24.3 Å². The van der Waals surface area contributed by atoms with Crippen molar-refractivity contribution in [3.8, 4) is 22.6 Å². The minimum atomic E-state index is -0.422. The molecule has 0 saturated heterocycles.